The van der Waals surface area contributed by atoms with Crippen molar-refractivity contribution in [3.63, 3.8) is 0 Å². The average molecular weight is 249 g/mol. The van der Waals surface area contributed by atoms with E-state index in [9.17, 15) is 9.90 Å². The van der Waals surface area contributed by atoms with Crippen molar-refractivity contribution in [1.29, 1.82) is 0 Å². The lowest BCUT2D eigenvalue weighted by Crippen LogP contribution is -2.15. The summed E-state index contributed by atoms with van der Waals surface area (Å²) in [7, 11) is 0. The molecule has 1 aliphatic carbocycles. The number of carbonyl (C=O) groups is 1. The fraction of sp³-hybridized carbons (Fsp3) is 0.500. The molecule has 0 unspecified atom stereocenters. The molecule has 18 heavy (non-hydrogen) atoms. The number of rotatable bonds is 4. The molecule has 0 aromatic heterocycles. The number of carboxylic acid groups (broad SMARTS) is 1. The Labute approximate surface area is 106 Å². The summed E-state index contributed by atoms with van der Waals surface area (Å²) in [5, 5.41) is 20.2. The van der Waals surface area contributed by atoms with Gasteiger partial charge in [0.15, 0.2) is 0 Å². The summed E-state index contributed by atoms with van der Waals surface area (Å²) >= 11 is 0. The predicted molar refractivity (Wildman–Crippen MR) is 64.9 cm³/mol. The maximum atomic E-state index is 11.5. The van der Waals surface area contributed by atoms with Crippen molar-refractivity contribution in [1.82, 2.24) is 0 Å². The van der Waals surface area contributed by atoms with Crippen molar-refractivity contribution >= 4 is 5.97 Å². The molecular formula is C14H17O4-. The highest BCUT2D eigenvalue weighted by Gasteiger charge is 2.14. The fourth-order valence-corrected chi connectivity index (χ4v) is 2.34. The smallest absolute Gasteiger partial charge is 0.335 e. The van der Waals surface area contributed by atoms with E-state index in [4.69, 9.17) is 9.84 Å². The van der Waals surface area contributed by atoms with Gasteiger partial charge in [-0.25, -0.2) is 4.79 Å². The van der Waals surface area contributed by atoms with Crippen molar-refractivity contribution in [2.24, 2.45) is 5.92 Å². The number of benzene rings is 1. The van der Waals surface area contributed by atoms with Gasteiger partial charge in [-0.05, 0) is 37.0 Å². The molecule has 0 spiro atoms. The molecular weight excluding hydrogens is 232 g/mol. The molecule has 98 valence electrons. The van der Waals surface area contributed by atoms with Crippen molar-refractivity contribution in [2.75, 3.05) is 6.61 Å². The first kappa shape index (κ1) is 12.7. The number of carboxylic acids is 1. The molecule has 0 heterocycles. The van der Waals surface area contributed by atoms with Crippen LogP contribution >= 0.6 is 0 Å². The van der Waals surface area contributed by atoms with Crippen LogP contribution in [0.25, 0.3) is 0 Å². The molecule has 1 N–H and O–H groups in total. The minimum absolute atomic E-state index is 0.208. The first-order valence-corrected chi connectivity index (χ1v) is 6.34. The largest absolute Gasteiger partial charge is 0.872 e. The monoisotopic (exact) mass is 249 g/mol. The van der Waals surface area contributed by atoms with Crippen LogP contribution in [0.5, 0.6) is 11.5 Å². The SMILES string of the molecule is O=C(O)c1ccc(OCC2CCCCC2)cc1[O-]. The van der Waals surface area contributed by atoms with Gasteiger partial charge in [-0.15, -0.1) is 0 Å². The van der Waals surface area contributed by atoms with Crippen LogP contribution in [0.15, 0.2) is 18.2 Å². The third-order valence-corrected chi connectivity index (χ3v) is 3.39. The van der Waals surface area contributed by atoms with Crippen LogP contribution in [0.2, 0.25) is 0 Å². The summed E-state index contributed by atoms with van der Waals surface area (Å²) in [4.78, 5) is 10.7. The Balaban J connectivity index is 1.93. The van der Waals surface area contributed by atoms with E-state index >= 15 is 0 Å². The molecule has 1 aromatic carbocycles. The minimum Gasteiger partial charge on any atom is -0.872 e. The summed E-state index contributed by atoms with van der Waals surface area (Å²) in [5.74, 6) is -0.661. The Kier molecular flexibility index (Phi) is 4.07. The van der Waals surface area contributed by atoms with Crippen molar-refractivity contribution in [3.05, 3.63) is 23.8 Å². The molecule has 1 saturated carbocycles. The highest BCUT2D eigenvalue weighted by molar-refractivity contribution is 5.90. The van der Waals surface area contributed by atoms with E-state index < -0.39 is 11.7 Å². The van der Waals surface area contributed by atoms with Gasteiger partial charge in [-0.1, -0.05) is 25.0 Å². The quantitative estimate of drug-likeness (QED) is 0.889. The van der Waals surface area contributed by atoms with E-state index in [0.29, 0.717) is 18.3 Å². The third kappa shape index (κ3) is 3.15. The second-order valence-corrected chi connectivity index (χ2v) is 4.78. The number of aromatic carboxylic acids is 1. The van der Waals surface area contributed by atoms with Gasteiger partial charge in [0.25, 0.3) is 0 Å². The van der Waals surface area contributed by atoms with Gasteiger partial charge < -0.3 is 14.9 Å². The van der Waals surface area contributed by atoms with Crippen LogP contribution in [-0.4, -0.2) is 17.7 Å². The van der Waals surface area contributed by atoms with E-state index in [1.54, 1.807) is 6.07 Å². The summed E-state index contributed by atoms with van der Waals surface area (Å²) in [6, 6.07) is 4.11. The number of hydrogen-bond acceptors (Lipinski definition) is 3. The average Bonchev–Trinajstić information content (AvgIpc) is 2.37. The minimum atomic E-state index is -1.20. The van der Waals surface area contributed by atoms with Crippen LogP contribution in [0.1, 0.15) is 42.5 Å². The molecule has 1 aromatic rings. The molecule has 1 aliphatic rings. The highest BCUT2D eigenvalue weighted by Crippen LogP contribution is 2.26. The number of hydrogen-bond donors (Lipinski definition) is 1. The molecule has 4 nitrogen and oxygen atoms in total. The second kappa shape index (κ2) is 5.76. The fourth-order valence-electron chi connectivity index (χ4n) is 2.34. The lowest BCUT2D eigenvalue weighted by Gasteiger charge is -2.22. The van der Waals surface area contributed by atoms with Crippen LogP contribution < -0.4 is 9.84 Å². The highest BCUT2D eigenvalue weighted by atomic mass is 16.5. The summed E-state index contributed by atoms with van der Waals surface area (Å²) in [6.07, 6.45) is 6.15. The first-order chi connectivity index (χ1) is 8.66. The van der Waals surface area contributed by atoms with Gasteiger partial charge in [-0.2, -0.15) is 0 Å². The van der Waals surface area contributed by atoms with Crippen molar-refractivity contribution in [3.8, 4) is 11.5 Å². The maximum Gasteiger partial charge on any atom is 0.335 e. The van der Waals surface area contributed by atoms with E-state index in [2.05, 4.69) is 0 Å². The standard InChI is InChI=1S/C14H18O4/c15-13-8-11(6-7-12(13)14(16)17)18-9-10-4-2-1-3-5-10/h6-8,10,15H,1-5,9H2,(H,16,17)/p-1. The molecule has 0 saturated heterocycles. The molecule has 4 heteroatoms. The lowest BCUT2D eigenvalue weighted by molar-refractivity contribution is -0.268. The lowest BCUT2D eigenvalue weighted by atomic mass is 9.90. The van der Waals surface area contributed by atoms with Crippen LogP contribution in [0.3, 0.4) is 0 Å². The molecule has 2 rings (SSSR count). The summed E-state index contributed by atoms with van der Waals surface area (Å²) < 4.78 is 5.57. The van der Waals surface area contributed by atoms with Gasteiger partial charge in [0.2, 0.25) is 0 Å². The molecule has 0 atom stereocenters. The van der Waals surface area contributed by atoms with Gasteiger partial charge in [0.05, 0.1) is 12.2 Å². The Morgan fingerprint density at radius 2 is 2.06 bits per heavy atom. The molecule has 0 amide bonds. The molecule has 0 radical (unpaired) electrons. The van der Waals surface area contributed by atoms with Crippen LogP contribution in [0, 0.1) is 5.92 Å². The van der Waals surface area contributed by atoms with Crippen LogP contribution in [-0.2, 0) is 0 Å². The number of ether oxygens (including phenoxy) is 1. The summed E-state index contributed by atoms with van der Waals surface area (Å²) in [5.41, 5.74) is -0.208. The normalized spacial score (nSPS) is 16.4. The first-order valence-electron chi connectivity index (χ1n) is 6.34. The predicted octanol–water partition coefficient (Wildman–Crippen LogP) is 2.42. The third-order valence-electron chi connectivity index (χ3n) is 3.39. The zero-order chi connectivity index (χ0) is 13.0. The summed E-state index contributed by atoms with van der Waals surface area (Å²) in [6.45, 7) is 0.617. The Morgan fingerprint density at radius 3 is 2.67 bits per heavy atom. The Bertz CT molecular complexity index is 422. The van der Waals surface area contributed by atoms with Gasteiger partial charge in [0.1, 0.15) is 5.75 Å². The van der Waals surface area contributed by atoms with E-state index in [1.165, 1.54) is 44.2 Å². The van der Waals surface area contributed by atoms with Gasteiger partial charge in [-0.3, -0.25) is 0 Å². The zero-order valence-corrected chi connectivity index (χ0v) is 10.2. The Hall–Kier alpha value is -1.71. The maximum absolute atomic E-state index is 11.5. The Morgan fingerprint density at radius 1 is 1.33 bits per heavy atom. The molecule has 0 bridgehead atoms. The second-order valence-electron chi connectivity index (χ2n) is 4.78. The van der Waals surface area contributed by atoms with Gasteiger partial charge in [0, 0.05) is 0 Å². The van der Waals surface area contributed by atoms with Gasteiger partial charge >= 0.3 is 5.97 Å². The van der Waals surface area contributed by atoms with E-state index in [0.717, 1.165) is 0 Å². The van der Waals surface area contributed by atoms with Crippen molar-refractivity contribution in [2.45, 2.75) is 32.1 Å². The zero-order valence-electron chi connectivity index (χ0n) is 10.2. The van der Waals surface area contributed by atoms with Crippen molar-refractivity contribution < 1.29 is 19.7 Å². The molecule has 1 fully saturated rings. The van der Waals surface area contributed by atoms with E-state index in [1.807, 2.05) is 0 Å². The van der Waals surface area contributed by atoms with E-state index in [-0.39, 0.29) is 5.56 Å². The molecule has 0 aliphatic heterocycles. The van der Waals surface area contributed by atoms with Crippen LogP contribution in [0.4, 0.5) is 0 Å². The topological polar surface area (TPSA) is 69.6 Å².